The van der Waals surface area contributed by atoms with Gasteiger partial charge < -0.3 is 10.0 Å². The molecule has 0 aromatic heterocycles. The van der Waals surface area contributed by atoms with E-state index in [0.717, 1.165) is 0 Å². The predicted molar refractivity (Wildman–Crippen MR) is 106 cm³/mol. The van der Waals surface area contributed by atoms with Gasteiger partial charge in [-0.1, -0.05) is 36.4 Å². The molecule has 0 aliphatic heterocycles. The second kappa shape index (κ2) is 11.5. The fourth-order valence-electron chi connectivity index (χ4n) is 2.16. The Morgan fingerprint density at radius 3 is 1.72 bits per heavy atom. The maximum absolute atomic E-state index is 13.0. The van der Waals surface area contributed by atoms with E-state index < -0.39 is 38.5 Å². The predicted octanol–water partition coefficient (Wildman–Crippen LogP) is 2.71. The van der Waals surface area contributed by atoms with Gasteiger partial charge in [-0.2, -0.15) is 22.4 Å². The number of nitrogens with one attached hydrogen (secondary N) is 4. The van der Waals surface area contributed by atoms with Crippen LogP contribution in [0.15, 0.2) is 60.7 Å². The van der Waals surface area contributed by atoms with Crippen LogP contribution < -0.4 is 22.0 Å². The van der Waals surface area contributed by atoms with Crippen LogP contribution in [0.4, 0.5) is 24.5 Å². The quantitative estimate of drug-likeness (QED) is 0.229. The summed E-state index contributed by atoms with van der Waals surface area (Å²) in [5.74, 6) is -4.29. The van der Waals surface area contributed by atoms with Crippen LogP contribution in [0.3, 0.4) is 0 Å². The molecule has 0 saturated carbocycles. The molecule has 0 aliphatic rings. The summed E-state index contributed by atoms with van der Waals surface area (Å²) in [6, 6.07) is 16.4. The number of halogens is 3. The van der Waals surface area contributed by atoms with Gasteiger partial charge in [-0.3, -0.25) is 25.0 Å². The van der Waals surface area contributed by atoms with E-state index in [2.05, 4.69) is 22.0 Å². The van der Waals surface area contributed by atoms with Gasteiger partial charge >= 0.3 is 25.6 Å². The smallest absolute Gasteiger partial charge is 0.471 e. The molecule has 0 aliphatic carbocycles. The van der Waals surface area contributed by atoms with Crippen molar-refractivity contribution in [1.82, 2.24) is 16.1 Å². The summed E-state index contributed by atoms with van der Waals surface area (Å²) in [7, 11) is -4.63. The van der Waals surface area contributed by atoms with Crippen molar-refractivity contribution in [3.8, 4) is 0 Å². The molecule has 0 unspecified atom stereocenters. The molecule has 15 heteroatoms. The Bertz CT molecular complexity index is 886. The fraction of sp³-hybridized carbons (Fsp3) is 0.176. The Hall–Kier alpha value is -3.16. The molecule has 2 aromatic carbocycles. The Morgan fingerprint density at radius 1 is 0.906 bits per heavy atom. The molecule has 0 saturated heterocycles. The largest absolute Gasteiger partial charge is 0.480 e. The number of hydrogen-bond donors (Lipinski definition) is 5. The number of carbonyl (C=O) groups excluding carboxylic acids is 1. The Labute approximate surface area is 179 Å². The zero-order chi connectivity index (χ0) is 23.6. The van der Waals surface area contributed by atoms with Crippen LogP contribution in [0.1, 0.15) is 0 Å². The van der Waals surface area contributed by atoms with Crippen molar-refractivity contribution in [2.75, 3.05) is 23.7 Å². The molecule has 2 rings (SSSR count). The average Bonchev–Trinajstić information content (AvgIpc) is 2.73. The fourth-order valence-corrected chi connectivity index (χ4v) is 3.33. The van der Waals surface area contributed by atoms with Gasteiger partial charge in [0, 0.05) is 0 Å². The van der Waals surface area contributed by atoms with Crippen molar-refractivity contribution < 1.29 is 41.7 Å². The Kier molecular flexibility index (Phi) is 8.99. The lowest BCUT2D eigenvalue weighted by molar-refractivity contribution is -0.185. The lowest BCUT2D eigenvalue weighted by Gasteiger charge is -2.26. The van der Waals surface area contributed by atoms with Crippen LogP contribution in [0.25, 0.3) is 0 Å². The van der Waals surface area contributed by atoms with Crippen LogP contribution in [0.2, 0.25) is 0 Å². The molecule has 1 amide bonds. The lowest BCUT2D eigenvalue weighted by Crippen LogP contribution is -2.45. The molecular weight excluding hydrogens is 458 g/mol. The zero-order valence-electron chi connectivity index (χ0n) is 16.2. The van der Waals surface area contributed by atoms with E-state index in [1.54, 1.807) is 60.7 Å². The standard InChI is InChI=1S/C17H19F3N5O6P/c18-17(19,20)16(28)25(11-15(26)27)12-32(29,30-23-21-13-7-3-1-4-8-13)31-24-22-14-9-5-2-6-10-14/h1-10,21-24H,11-12H2,(H,26,27). The molecule has 0 fully saturated rings. The molecule has 0 heterocycles. The number of carboxylic acid groups (broad SMARTS) is 1. The van der Waals surface area contributed by atoms with E-state index in [9.17, 15) is 27.3 Å². The number of aliphatic carboxylic acids is 1. The molecule has 11 nitrogen and oxygen atoms in total. The maximum Gasteiger partial charge on any atom is 0.471 e. The minimum Gasteiger partial charge on any atom is -0.480 e. The Balaban J connectivity index is 2.12. The molecule has 2 aromatic rings. The van der Waals surface area contributed by atoms with Crippen molar-refractivity contribution in [3.05, 3.63) is 60.7 Å². The summed E-state index contributed by atoms with van der Waals surface area (Å²) < 4.78 is 61.3. The SMILES string of the molecule is O=C(O)CN(CP(=O)(ONNc1ccccc1)ONNc1ccccc1)C(=O)C(F)(F)F. The minimum atomic E-state index is -5.41. The molecule has 0 spiro atoms. The van der Waals surface area contributed by atoms with Gasteiger partial charge in [0.25, 0.3) is 0 Å². The van der Waals surface area contributed by atoms with Gasteiger partial charge in [-0.15, -0.1) is 11.2 Å². The maximum atomic E-state index is 13.0. The third-order valence-electron chi connectivity index (χ3n) is 3.51. The Morgan fingerprint density at radius 2 is 1.34 bits per heavy atom. The molecule has 0 radical (unpaired) electrons. The highest BCUT2D eigenvalue weighted by molar-refractivity contribution is 7.53. The minimum absolute atomic E-state index is 0.211. The third kappa shape index (κ3) is 8.53. The van der Waals surface area contributed by atoms with Gasteiger partial charge in [0.05, 0.1) is 11.4 Å². The first-order valence-corrected chi connectivity index (χ1v) is 10.5. The highest BCUT2D eigenvalue weighted by Crippen LogP contribution is 2.47. The summed E-state index contributed by atoms with van der Waals surface area (Å²) >= 11 is 0. The average molecular weight is 477 g/mol. The number of rotatable bonds is 12. The number of alkyl halides is 3. The first-order valence-electron chi connectivity index (χ1n) is 8.75. The van der Waals surface area contributed by atoms with E-state index in [-0.39, 0.29) is 4.90 Å². The molecular formula is C17H19F3N5O6P. The molecule has 5 N–H and O–H groups in total. The summed E-state index contributed by atoms with van der Waals surface area (Å²) in [5, 5.41) is 8.86. The number of amides is 1. The van der Waals surface area contributed by atoms with E-state index in [1.807, 2.05) is 0 Å². The van der Waals surface area contributed by atoms with Crippen molar-refractivity contribution >= 4 is 30.8 Å². The number of carbonyl (C=O) groups is 2. The highest BCUT2D eigenvalue weighted by atomic mass is 31.2. The van der Waals surface area contributed by atoms with Crippen LogP contribution in [-0.2, 0) is 23.4 Å². The van der Waals surface area contributed by atoms with Gasteiger partial charge in [0.1, 0.15) is 12.8 Å². The van der Waals surface area contributed by atoms with Gasteiger partial charge in [0.15, 0.2) is 0 Å². The molecule has 0 atom stereocenters. The highest BCUT2D eigenvalue weighted by Gasteiger charge is 2.46. The molecule has 0 bridgehead atoms. The lowest BCUT2D eigenvalue weighted by atomic mass is 10.3. The topological polar surface area (TPSA) is 141 Å². The van der Waals surface area contributed by atoms with Gasteiger partial charge in [-0.05, 0) is 24.3 Å². The number of nitrogens with zero attached hydrogens (tertiary/aromatic N) is 1. The second-order valence-electron chi connectivity index (χ2n) is 6.02. The summed E-state index contributed by atoms with van der Waals surface area (Å²) in [5.41, 5.74) is 9.91. The van der Waals surface area contributed by atoms with Crippen molar-refractivity contribution in [2.45, 2.75) is 6.18 Å². The normalized spacial score (nSPS) is 11.6. The third-order valence-corrected chi connectivity index (χ3v) is 4.93. The summed E-state index contributed by atoms with van der Waals surface area (Å²) in [6.45, 7) is -1.40. The number of benzene rings is 2. The molecule has 174 valence electrons. The van der Waals surface area contributed by atoms with Crippen LogP contribution in [-0.4, -0.2) is 40.9 Å². The van der Waals surface area contributed by atoms with E-state index >= 15 is 0 Å². The zero-order valence-corrected chi connectivity index (χ0v) is 17.1. The first-order chi connectivity index (χ1) is 15.1. The van der Waals surface area contributed by atoms with E-state index in [4.69, 9.17) is 14.4 Å². The number of hydrazine groups is 2. The summed E-state index contributed by atoms with van der Waals surface area (Å²) in [6.07, 6.45) is -6.75. The van der Waals surface area contributed by atoms with Crippen LogP contribution in [0.5, 0.6) is 0 Å². The second-order valence-corrected chi connectivity index (χ2v) is 7.89. The number of para-hydroxylation sites is 2. The number of hydrogen-bond acceptors (Lipinski definition) is 9. The van der Waals surface area contributed by atoms with Crippen LogP contribution >= 0.6 is 7.60 Å². The first kappa shape index (κ1) is 25.1. The number of carboxylic acids is 1. The molecule has 32 heavy (non-hydrogen) atoms. The van der Waals surface area contributed by atoms with Crippen molar-refractivity contribution in [1.29, 1.82) is 0 Å². The van der Waals surface area contributed by atoms with E-state index in [1.165, 1.54) is 0 Å². The van der Waals surface area contributed by atoms with E-state index in [0.29, 0.717) is 11.4 Å². The number of anilines is 2. The van der Waals surface area contributed by atoms with Gasteiger partial charge in [-0.25, -0.2) is 0 Å². The monoisotopic (exact) mass is 477 g/mol. The summed E-state index contributed by atoms with van der Waals surface area (Å²) in [4.78, 5) is 22.3. The van der Waals surface area contributed by atoms with Crippen molar-refractivity contribution in [3.63, 3.8) is 0 Å². The van der Waals surface area contributed by atoms with Gasteiger partial charge in [0.2, 0.25) is 0 Å². The van der Waals surface area contributed by atoms with Crippen molar-refractivity contribution in [2.24, 2.45) is 0 Å². The van der Waals surface area contributed by atoms with Crippen LogP contribution in [0, 0.1) is 0 Å².